The van der Waals surface area contributed by atoms with Crippen LogP contribution in [0.4, 0.5) is 0 Å². The van der Waals surface area contributed by atoms with Crippen LogP contribution in [0.3, 0.4) is 0 Å². The van der Waals surface area contributed by atoms with Crippen LogP contribution < -0.4 is 0 Å². The molecule has 7 nitrogen and oxygen atoms in total. The van der Waals surface area contributed by atoms with E-state index < -0.39 is 16.0 Å². The summed E-state index contributed by atoms with van der Waals surface area (Å²) in [5.74, 6) is -0.897. The van der Waals surface area contributed by atoms with E-state index in [0.29, 0.717) is 19.4 Å². The molecule has 0 saturated carbocycles. The Morgan fingerprint density at radius 3 is 2.95 bits per heavy atom. The molecule has 0 aromatic carbocycles. The molecular formula is C11H17N3O4S. The van der Waals surface area contributed by atoms with Crippen molar-refractivity contribution in [3.8, 4) is 0 Å². The summed E-state index contributed by atoms with van der Waals surface area (Å²) in [5, 5.41) is 14.9. The molecule has 2 N–H and O–H groups in total. The SMILES string of the molecule is O=C(O)CCC1CCCCN1S(=O)(=O)c1cn[nH]c1. The van der Waals surface area contributed by atoms with Gasteiger partial charge in [-0.1, -0.05) is 6.42 Å². The summed E-state index contributed by atoms with van der Waals surface area (Å²) in [6.07, 6.45) is 5.41. The molecule has 0 radical (unpaired) electrons. The Morgan fingerprint density at radius 2 is 2.32 bits per heavy atom. The highest BCUT2D eigenvalue weighted by atomic mass is 32.2. The van der Waals surface area contributed by atoms with E-state index in [-0.39, 0.29) is 17.4 Å². The van der Waals surface area contributed by atoms with E-state index in [0.717, 1.165) is 12.8 Å². The minimum absolute atomic E-state index is 0.0118. The van der Waals surface area contributed by atoms with Gasteiger partial charge in [0, 0.05) is 25.2 Å². The van der Waals surface area contributed by atoms with Crippen LogP contribution in [-0.4, -0.2) is 46.6 Å². The molecule has 1 aliphatic heterocycles. The number of H-pyrrole nitrogens is 1. The van der Waals surface area contributed by atoms with Gasteiger partial charge in [-0.2, -0.15) is 9.40 Å². The maximum Gasteiger partial charge on any atom is 0.303 e. The van der Waals surface area contributed by atoms with Gasteiger partial charge in [0.15, 0.2) is 0 Å². The molecule has 1 saturated heterocycles. The number of aromatic nitrogens is 2. The Hall–Kier alpha value is -1.41. The number of piperidine rings is 1. The first-order chi connectivity index (χ1) is 9.01. The van der Waals surface area contributed by atoms with Gasteiger partial charge in [0.2, 0.25) is 10.0 Å². The molecule has 106 valence electrons. The number of aliphatic carboxylic acids is 1. The Morgan fingerprint density at radius 1 is 1.53 bits per heavy atom. The normalized spacial score (nSPS) is 21.4. The van der Waals surface area contributed by atoms with Crippen LogP contribution in [0.5, 0.6) is 0 Å². The Bertz CT molecular complexity index is 526. The minimum Gasteiger partial charge on any atom is -0.481 e. The lowest BCUT2D eigenvalue weighted by molar-refractivity contribution is -0.137. The number of rotatable bonds is 5. The quantitative estimate of drug-likeness (QED) is 0.834. The van der Waals surface area contributed by atoms with Gasteiger partial charge in [-0.25, -0.2) is 8.42 Å². The van der Waals surface area contributed by atoms with Gasteiger partial charge in [-0.05, 0) is 19.3 Å². The van der Waals surface area contributed by atoms with Crippen molar-refractivity contribution in [1.29, 1.82) is 0 Å². The summed E-state index contributed by atoms with van der Waals surface area (Å²) in [7, 11) is -3.57. The van der Waals surface area contributed by atoms with E-state index in [2.05, 4.69) is 10.2 Å². The molecule has 2 rings (SSSR count). The topological polar surface area (TPSA) is 103 Å². The average molecular weight is 287 g/mol. The monoisotopic (exact) mass is 287 g/mol. The second-order valence-corrected chi connectivity index (χ2v) is 6.52. The molecule has 8 heteroatoms. The van der Waals surface area contributed by atoms with Gasteiger partial charge in [0.25, 0.3) is 0 Å². The fraction of sp³-hybridized carbons (Fsp3) is 0.636. The van der Waals surface area contributed by atoms with E-state index in [4.69, 9.17) is 5.11 Å². The number of hydrogen-bond acceptors (Lipinski definition) is 4. The smallest absolute Gasteiger partial charge is 0.303 e. The number of carbonyl (C=O) groups is 1. The molecule has 1 unspecified atom stereocenters. The van der Waals surface area contributed by atoms with Crippen molar-refractivity contribution >= 4 is 16.0 Å². The number of aromatic amines is 1. The fourth-order valence-electron chi connectivity index (χ4n) is 2.38. The molecule has 1 aromatic rings. The van der Waals surface area contributed by atoms with Gasteiger partial charge in [0.05, 0.1) is 6.20 Å². The van der Waals surface area contributed by atoms with Crippen molar-refractivity contribution < 1.29 is 18.3 Å². The average Bonchev–Trinajstić information content (AvgIpc) is 2.91. The zero-order valence-corrected chi connectivity index (χ0v) is 11.3. The summed E-state index contributed by atoms with van der Waals surface area (Å²) in [4.78, 5) is 10.8. The van der Waals surface area contributed by atoms with E-state index in [1.807, 2.05) is 0 Å². The maximum absolute atomic E-state index is 12.4. The molecule has 0 amide bonds. The first kappa shape index (κ1) is 14.0. The molecule has 0 bridgehead atoms. The van der Waals surface area contributed by atoms with E-state index in [9.17, 15) is 13.2 Å². The van der Waals surface area contributed by atoms with Gasteiger partial charge in [-0.15, -0.1) is 0 Å². The van der Waals surface area contributed by atoms with Crippen LogP contribution in [-0.2, 0) is 14.8 Å². The molecule has 0 spiro atoms. The number of nitrogens with one attached hydrogen (secondary N) is 1. The largest absolute Gasteiger partial charge is 0.481 e. The number of sulfonamides is 1. The lowest BCUT2D eigenvalue weighted by Gasteiger charge is -2.34. The highest BCUT2D eigenvalue weighted by Crippen LogP contribution is 2.27. The van der Waals surface area contributed by atoms with Crippen molar-refractivity contribution in [2.24, 2.45) is 0 Å². The molecule has 1 aromatic heterocycles. The Balaban J connectivity index is 2.17. The van der Waals surface area contributed by atoms with Crippen molar-refractivity contribution in [2.75, 3.05) is 6.54 Å². The summed E-state index contributed by atoms with van der Waals surface area (Å²) in [6.45, 7) is 0.442. The van der Waals surface area contributed by atoms with Crippen molar-refractivity contribution in [3.63, 3.8) is 0 Å². The lowest BCUT2D eigenvalue weighted by Crippen LogP contribution is -2.43. The number of hydrogen-bond donors (Lipinski definition) is 2. The predicted octanol–water partition coefficient (Wildman–Crippen LogP) is 0.818. The zero-order chi connectivity index (χ0) is 13.9. The van der Waals surface area contributed by atoms with Gasteiger partial charge < -0.3 is 5.11 Å². The van der Waals surface area contributed by atoms with E-state index >= 15 is 0 Å². The Kier molecular flexibility index (Phi) is 4.20. The molecule has 1 fully saturated rings. The second-order valence-electron chi connectivity index (χ2n) is 4.63. The lowest BCUT2D eigenvalue weighted by atomic mass is 10.0. The maximum atomic E-state index is 12.4. The first-order valence-corrected chi connectivity index (χ1v) is 7.68. The second kappa shape index (κ2) is 5.70. The van der Waals surface area contributed by atoms with Crippen LogP contribution in [0.1, 0.15) is 32.1 Å². The third-order valence-electron chi connectivity index (χ3n) is 3.34. The van der Waals surface area contributed by atoms with E-state index in [1.165, 1.54) is 16.7 Å². The summed E-state index contributed by atoms with van der Waals surface area (Å²) >= 11 is 0. The molecule has 1 aliphatic rings. The van der Waals surface area contributed by atoms with Gasteiger partial charge in [0.1, 0.15) is 4.90 Å². The van der Waals surface area contributed by atoms with Crippen molar-refractivity contribution in [1.82, 2.24) is 14.5 Å². The molecule has 0 aliphatic carbocycles. The highest BCUT2D eigenvalue weighted by Gasteiger charge is 2.33. The van der Waals surface area contributed by atoms with Crippen molar-refractivity contribution in [3.05, 3.63) is 12.4 Å². The summed E-state index contributed by atoms with van der Waals surface area (Å²) in [5.41, 5.74) is 0. The minimum atomic E-state index is -3.57. The molecule has 1 atom stereocenters. The fourth-order valence-corrected chi connectivity index (χ4v) is 4.02. The number of carboxylic acids is 1. The van der Waals surface area contributed by atoms with Crippen LogP contribution in [0.15, 0.2) is 17.3 Å². The molecular weight excluding hydrogens is 270 g/mol. The predicted molar refractivity (Wildman–Crippen MR) is 67.0 cm³/mol. The zero-order valence-electron chi connectivity index (χ0n) is 10.4. The summed E-state index contributed by atoms with van der Waals surface area (Å²) < 4.78 is 26.3. The van der Waals surface area contributed by atoms with Gasteiger partial charge in [-0.3, -0.25) is 9.89 Å². The van der Waals surface area contributed by atoms with Crippen LogP contribution in [0, 0.1) is 0 Å². The highest BCUT2D eigenvalue weighted by molar-refractivity contribution is 7.89. The van der Waals surface area contributed by atoms with Crippen molar-refractivity contribution in [2.45, 2.75) is 43.0 Å². The van der Waals surface area contributed by atoms with Crippen LogP contribution >= 0.6 is 0 Å². The Labute approximate surface area is 111 Å². The summed E-state index contributed by atoms with van der Waals surface area (Å²) in [6, 6.07) is -0.232. The third-order valence-corrected chi connectivity index (χ3v) is 5.26. The molecule has 19 heavy (non-hydrogen) atoms. The van der Waals surface area contributed by atoms with E-state index in [1.54, 1.807) is 0 Å². The van der Waals surface area contributed by atoms with Gasteiger partial charge >= 0.3 is 5.97 Å². The van der Waals surface area contributed by atoms with Crippen LogP contribution in [0.25, 0.3) is 0 Å². The third kappa shape index (κ3) is 3.13. The first-order valence-electron chi connectivity index (χ1n) is 6.24. The number of nitrogens with zero attached hydrogens (tertiary/aromatic N) is 2. The van der Waals surface area contributed by atoms with Crippen LogP contribution in [0.2, 0.25) is 0 Å². The molecule has 2 heterocycles. The standard InChI is InChI=1S/C11H17N3O4S/c15-11(16)5-4-9-3-1-2-6-14(9)19(17,18)10-7-12-13-8-10/h7-9H,1-6H2,(H,12,13)(H,15,16). The number of carboxylic acid groups (broad SMARTS) is 1.